The molecule has 0 aromatic rings. The van der Waals surface area contributed by atoms with E-state index in [2.05, 4.69) is 10.6 Å². The van der Waals surface area contributed by atoms with Crippen LogP contribution in [0.3, 0.4) is 0 Å². The van der Waals surface area contributed by atoms with E-state index in [1.807, 2.05) is 0 Å². The molecule has 16 heavy (non-hydrogen) atoms. The molecule has 6 nitrogen and oxygen atoms in total. The van der Waals surface area contributed by atoms with Crippen molar-refractivity contribution in [3.8, 4) is 0 Å². The van der Waals surface area contributed by atoms with Gasteiger partial charge in [0.1, 0.15) is 0 Å². The summed E-state index contributed by atoms with van der Waals surface area (Å²) in [4.78, 5) is 32.9. The normalized spacial score (nSPS) is 19.7. The van der Waals surface area contributed by atoms with Gasteiger partial charge in [-0.25, -0.2) is 0 Å². The molecule has 6 heteroatoms. The molecule has 1 fully saturated rings. The Labute approximate surface area is 93.7 Å². The molecule has 0 aromatic heterocycles. The third-order valence-electron chi connectivity index (χ3n) is 2.22. The number of imide groups is 1. The Morgan fingerprint density at radius 1 is 1.56 bits per heavy atom. The number of hydrogen-bond acceptors (Lipinski definition) is 5. The average Bonchev–Trinajstić information content (AvgIpc) is 2.53. The quantitative estimate of drug-likeness (QED) is 0.358. The summed E-state index contributed by atoms with van der Waals surface area (Å²) >= 11 is 0. The van der Waals surface area contributed by atoms with Crippen LogP contribution in [0.15, 0.2) is 0 Å². The third kappa shape index (κ3) is 3.98. The summed E-state index contributed by atoms with van der Waals surface area (Å²) in [5.41, 5.74) is 0. The molecule has 0 radical (unpaired) electrons. The molecule has 1 rings (SSSR count). The van der Waals surface area contributed by atoms with E-state index < -0.39 is 6.04 Å². The standard InChI is InChI=1S/C10H16N2O4/c1-2-16-9(14)4-3-5-11-7-6-8(13)12-10(7)15/h7,11H,2-6H2,1H3,(H,12,13,15). The third-order valence-corrected chi connectivity index (χ3v) is 2.22. The van der Waals surface area contributed by atoms with Crippen molar-refractivity contribution in [1.82, 2.24) is 10.6 Å². The summed E-state index contributed by atoms with van der Waals surface area (Å²) in [6.45, 7) is 2.65. The van der Waals surface area contributed by atoms with Gasteiger partial charge in [-0.2, -0.15) is 0 Å². The second-order valence-corrected chi connectivity index (χ2v) is 3.53. The Kier molecular flexibility index (Phi) is 4.91. The first-order valence-electron chi connectivity index (χ1n) is 5.36. The number of hydrogen-bond donors (Lipinski definition) is 2. The number of nitrogens with one attached hydrogen (secondary N) is 2. The maximum absolute atomic E-state index is 11.1. The van der Waals surface area contributed by atoms with Crippen molar-refractivity contribution in [3.63, 3.8) is 0 Å². The van der Waals surface area contributed by atoms with Crippen LogP contribution >= 0.6 is 0 Å². The molecule has 1 atom stereocenters. The summed E-state index contributed by atoms with van der Waals surface area (Å²) < 4.78 is 4.75. The zero-order chi connectivity index (χ0) is 12.0. The van der Waals surface area contributed by atoms with Gasteiger partial charge in [0.2, 0.25) is 11.8 Å². The van der Waals surface area contributed by atoms with Crippen LogP contribution in [0.1, 0.15) is 26.2 Å². The van der Waals surface area contributed by atoms with Crippen LogP contribution < -0.4 is 10.6 Å². The van der Waals surface area contributed by atoms with Crippen LogP contribution in [0.4, 0.5) is 0 Å². The average molecular weight is 228 g/mol. The smallest absolute Gasteiger partial charge is 0.305 e. The lowest BCUT2D eigenvalue weighted by atomic mass is 10.2. The summed E-state index contributed by atoms with van der Waals surface area (Å²) in [7, 11) is 0. The number of carbonyl (C=O) groups excluding carboxylic acids is 3. The number of amides is 2. The Bertz CT molecular complexity index is 291. The fraction of sp³-hybridized carbons (Fsp3) is 0.700. The molecular weight excluding hydrogens is 212 g/mol. The number of rotatable bonds is 6. The molecule has 1 aliphatic rings. The molecule has 90 valence electrons. The maximum atomic E-state index is 11.1. The molecule has 2 N–H and O–H groups in total. The molecule has 0 saturated carbocycles. The van der Waals surface area contributed by atoms with Gasteiger partial charge < -0.3 is 10.1 Å². The van der Waals surface area contributed by atoms with Gasteiger partial charge in [0.05, 0.1) is 19.1 Å². The highest BCUT2D eigenvalue weighted by Gasteiger charge is 2.29. The summed E-state index contributed by atoms with van der Waals surface area (Å²) in [6.07, 6.45) is 1.10. The molecule has 1 heterocycles. The Hall–Kier alpha value is -1.43. The number of ether oxygens (including phenoxy) is 1. The predicted octanol–water partition coefficient (Wildman–Crippen LogP) is -0.666. The van der Waals surface area contributed by atoms with Gasteiger partial charge in [0.25, 0.3) is 0 Å². The van der Waals surface area contributed by atoms with Gasteiger partial charge in [-0.1, -0.05) is 0 Å². The summed E-state index contributed by atoms with van der Waals surface area (Å²) in [5, 5.41) is 5.12. The fourth-order valence-electron chi connectivity index (χ4n) is 1.46. The van der Waals surface area contributed by atoms with E-state index in [-0.39, 0.29) is 24.2 Å². The number of carbonyl (C=O) groups is 3. The van der Waals surface area contributed by atoms with E-state index in [9.17, 15) is 14.4 Å². The highest BCUT2D eigenvalue weighted by atomic mass is 16.5. The van der Waals surface area contributed by atoms with Crippen LogP contribution in [-0.2, 0) is 19.1 Å². The van der Waals surface area contributed by atoms with Crippen LogP contribution in [0.5, 0.6) is 0 Å². The van der Waals surface area contributed by atoms with E-state index in [0.29, 0.717) is 26.0 Å². The molecule has 2 amide bonds. The van der Waals surface area contributed by atoms with Crippen molar-refractivity contribution in [3.05, 3.63) is 0 Å². The minimum Gasteiger partial charge on any atom is -0.466 e. The van der Waals surface area contributed by atoms with Gasteiger partial charge in [-0.05, 0) is 19.9 Å². The molecule has 1 unspecified atom stereocenters. The summed E-state index contributed by atoms with van der Waals surface area (Å²) in [5.74, 6) is -0.787. The van der Waals surface area contributed by atoms with E-state index in [1.165, 1.54) is 0 Å². The van der Waals surface area contributed by atoms with E-state index >= 15 is 0 Å². The van der Waals surface area contributed by atoms with E-state index in [0.717, 1.165) is 0 Å². The maximum Gasteiger partial charge on any atom is 0.305 e. The zero-order valence-corrected chi connectivity index (χ0v) is 9.25. The van der Waals surface area contributed by atoms with Gasteiger partial charge in [-0.15, -0.1) is 0 Å². The van der Waals surface area contributed by atoms with Crippen molar-refractivity contribution in [2.45, 2.75) is 32.2 Å². The molecule has 0 aliphatic carbocycles. The molecular formula is C10H16N2O4. The second-order valence-electron chi connectivity index (χ2n) is 3.53. The first-order valence-corrected chi connectivity index (χ1v) is 5.36. The molecule has 1 saturated heterocycles. The monoisotopic (exact) mass is 228 g/mol. The van der Waals surface area contributed by atoms with E-state index in [1.54, 1.807) is 6.92 Å². The van der Waals surface area contributed by atoms with Crippen LogP contribution in [0.2, 0.25) is 0 Å². The van der Waals surface area contributed by atoms with Crippen LogP contribution in [0, 0.1) is 0 Å². The van der Waals surface area contributed by atoms with Crippen LogP contribution in [-0.4, -0.2) is 37.0 Å². The second kappa shape index (κ2) is 6.22. The van der Waals surface area contributed by atoms with Gasteiger partial charge in [-0.3, -0.25) is 19.7 Å². The van der Waals surface area contributed by atoms with Gasteiger partial charge in [0.15, 0.2) is 0 Å². The molecule has 0 bridgehead atoms. The minimum absolute atomic E-state index is 0.179. The Balaban J connectivity index is 2.09. The van der Waals surface area contributed by atoms with E-state index in [4.69, 9.17) is 4.74 Å². The molecule has 0 spiro atoms. The highest BCUT2D eigenvalue weighted by molar-refractivity contribution is 6.05. The number of esters is 1. The fourth-order valence-corrected chi connectivity index (χ4v) is 1.46. The lowest BCUT2D eigenvalue weighted by Crippen LogP contribution is -2.36. The van der Waals surface area contributed by atoms with Crippen LogP contribution in [0.25, 0.3) is 0 Å². The first-order chi connectivity index (χ1) is 7.63. The lowest BCUT2D eigenvalue weighted by molar-refractivity contribution is -0.143. The van der Waals surface area contributed by atoms with Gasteiger partial charge in [0, 0.05) is 6.42 Å². The van der Waals surface area contributed by atoms with Crippen molar-refractivity contribution >= 4 is 17.8 Å². The summed E-state index contributed by atoms with van der Waals surface area (Å²) in [6, 6.07) is -0.449. The van der Waals surface area contributed by atoms with Crippen molar-refractivity contribution < 1.29 is 19.1 Å². The largest absolute Gasteiger partial charge is 0.466 e. The molecule has 1 aliphatic heterocycles. The predicted molar refractivity (Wildman–Crippen MR) is 55.4 cm³/mol. The molecule has 0 aromatic carbocycles. The van der Waals surface area contributed by atoms with Crippen molar-refractivity contribution in [2.75, 3.05) is 13.2 Å². The Morgan fingerprint density at radius 3 is 2.88 bits per heavy atom. The topological polar surface area (TPSA) is 84.5 Å². The zero-order valence-electron chi connectivity index (χ0n) is 9.25. The van der Waals surface area contributed by atoms with Crippen molar-refractivity contribution in [2.24, 2.45) is 0 Å². The van der Waals surface area contributed by atoms with Gasteiger partial charge >= 0.3 is 5.97 Å². The van der Waals surface area contributed by atoms with Crippen molar-refractivity contribution in [1.29, 1.82) is 0 Å². The first kappa shape index (κ1) is 12.6. The Morgan fingerprint density at radius 2 is 2.31 bits per heavy atom. The highest BCUT2D eigenvalue weighted by Crippen LogP contribution is 2.01. The SMILES string of the molecule is CCOC(=O)CCCNC1CC(=O)NC1=O. The lowest BCUT2D eigenvalue weighted by Gasteiger charge is -2.08. The minimum atomic E-state index is -0.449.